The van der Waals surface area contributed by atoms with Crippen molar-refractivity contribution in [1.29, 1.82) is 0 Å². The molecule has 0 unspecified atom stereocenters. The Labute approximate surface area is 135 Å². The van der Waals surface area contributed by atoms with Crippen molar-refractivity contribution < 1.29 is 17.9 Å². The van der Waals surface area contributed by atoms with Crippen LogP contribution in [0.2, 0.25) is 0 Å². The Kier molecular flexibility index (Phi) is 5.48. The van der Waals surface area contributed by atoms with Gasteiger partial charge in [0.25, 0.3) is 5.56 Å². The van der Waals surface area contributed by atoms with Gasteiger partial charge in [-0.1, -0.05) is 12.1 Å². The lowest BCUT2D eigenvalue weighted by Gasteiger charge is -2.13. The first kappa shape index (κ1) is 17.8. The number of para-hydroxylation sites is 1. The highest BCUT2D eigenvalue weighted by Crippen LogP contribution is 2.35. The Hall–Kier alpha value is -2.51. The van der Waals surface area contributed by atoms with Crippen molar-refractivity contribution in [3.63, 3.8) is 0 Å². The zero-order valence-electron chi connectivity index (χ0n) is 13.0. The van der Waals surface area contributed by atoms with E-state index in [2.05, 4.69) is 0 Å². The van der Waals surface area contributed by atoms with Gasteiger partial charge in [0.15, 0.2) is 0 Å². The average molecular weight is 342 g/mol. The van der Waals surface area contributed by atoms with Crippen molar-refractivity contribution in [3.05, 3.63) is 62.9 Å². The number of hydrogen-bond acceptors (Lipinski definition) is 3. The molecule has 0 N–H and O–H groups in total. The monoisotopic (exact) mass is 342 g/mol. The molecule has 0 aliphatic heterocycles. The van der Waals surface area contributed by atoms with Gasteiger partial charge in [-0.2, -0.15) is 13.2 Å². The summed E-state index contributed by atoms with van der Waals surface area (Å²) in [5, 5.41) is 0. The van der Waals surface area contributed by atoms with E-state index in [1.807, 2.05) is 0 Å². The predicted octanol–water partition coefficient (Wildman–Crippen LogP) is 2.43. The molecule has 0 bridgehead atoms. The van der Waals surface area contributed by atoms with Crippen molar-refractivity contribution in [2.45, 2.75) is 25.6 Å². The Morgan fingerprint density at radius 1 is 1.08 bits per heavy atom. The first-order chi connectivity index (χ1) is 11.3. The minimum absolute atomic E-state index is 0.105. The summed E-state index contributed by atoms with van der Waals surface area (Å²) in [4.78, 5) is 23.1. The molecule has 0 aliphatic carbocycles. The molecule has 0 amide bonds. The second-order valence-electron chi connectivity index (χ2n) is 5.24. The van der Waals surface area contributed by atoms with Crippen LogP contribution >= 0.6 is 0 Å². The van der Waals surface area contributed by atoms with Gasteiger partial charge in [0.1, 0.15) is 5.75 Å². The first-order valence-electron chi connectivity index (χ1n) is 7.36. The van der Waals surface area contributed by atoms with Crippen LogP contribution in [0.3, 0.4) is 0 Å². The molecule has 1 aromatic carbocycles. The van der Waals surface area contributed by atoms with Crippen LogP contribution in [0, 0.1) is 0 Å². The standard InChI is InChI=1S/C16H17F3N2O3/c1-20-14(22)8-10-21(15(20)23)9-4-5-11-24-13-7-3-2-6-12(13)16(17,18)19/h2-3,6-8,10H,4-5,9,11H2,1H3. The van der Waals surface area contributed by atoms with E-state index in [1.165, 1.54) is 42.1 Å². The highest BCUT2D eigenvalue weighted by atomic mass is 19.4. The number of aromatic nitrogens is 2. The first-order valence-corrected chi connectivity index (χ1v) is 7.36. The largest absolute Gasteiger partial charge is 0.493 e. The fraction of sp³-hybridized carbons (Fsp3) is 0.375. The second-order valence-corrected chi connectivity index (χ2v) is 5.24. The molecule has 0 saturated carbocycles. The van der Waals surface area contributed by atoms with Crippen molar-refractivity contribution >= 4 is 0 Å². The molecule has 1 heterocycles. The van der Waals surface area contributed by atoms with Gasteiger partial charge in [-0.05, 0) is 25.0 Å². The van der Waals surface area contributed by atoms with Gasteiger partial charge in [0.2, 0.25) is 0 Å². The van der Waals surface area contributed by atoms with Crippen LogP contribution in [-0.4, -0.2) is 15.7 Å². The molecule has 0 spiro atoms. The van der Waals surface area contributed by atoms with Crippen molar-refractivity contribution in [2.75, 3.05) is 6.61 Å². The van der Waals surface area contributed by atoms with E-state index in [4.69, 9.17) is 4.74 Å². The van der Waals surface area contributed by atoms with Crippen LogP contribution in [0.5, 0.6) is 5.75 Å². The van der Waals surface area contributed by atoms with E-state index in [9.17, 15) is 22.8 Å². The molecule has 8 heteroatoms. The number of benzene rings is 1. The quantitative estimate of drug-likeness (QED) is 0.758. The van der Waals surface area contributed by atoms with E-state index >= 15 is 0 Å². The molecule has 2 aromatic rings. The minimum atomic E-state index is -4.46. The third-order valence-electron chi connectivity index (χ3n) is 3.50. The number of rotatable bonds is 6. The van der Waals surface area contributed by atoms with E-state index in [1.54, 1.807) is 0 Å². The smallest absolute Gasteiger partial charge is 0.419 e. The van der Waals surface area contributed by atoms with Gasteiger partial charge in [0.05, 0.1) is 12.2 Å². The van der Waals surface area contributed by atoms with E-state index < -0.39 is 17.4 Å². The van der Waals surface area contributed by atoms with Gasteiger partial charge in [-0.15, -0.1) is 0 Å². The summed E-state index contributed by atoms with van der Waals surface area (Å²) in [7, 11) is 1.39. The van der Waals surface area contributed by atoms with Gasteiger partial charge in [0, 0.05) is 25.9 Å². The number of alkyl halides is 3. The zero-order chi connectivity index (χ0) is 17.7. The van der Waals surface area contributed by atoms with Crippen LogP contribution in [-0.2, 0) is 19.8 Å². The summed E-state index contributed by atoms with van der Waals surface area (Å²) in [6.07, 6.45) is -2.04. The third kappa shape index (κ3) is 4.27. The van der Waals surface area contributed by atoms with Crippen LogP contribution < -0.4 is 16.0 Å². The maximum absolute atomic E-state index is 12.8. The molecule has 130 valence electrons. The van der Waals surface area contributed by atoms with Crippen molar-refractivity contribution in [2.24, 2.45) is 7.05 Å². The molecular weight excluding hydrogens is 325 g/mol. The molecule has 1 aromatic heterocycles. The molecular formula is C16H17F3N2O3. The number of nitrogens with zero attached hydrogens (tertiary/aromatic N) is 2. The Morgan fingerprint density at radius 2 is 1.79 bits per heavy atom. The van der Waals surface area contributed by atoms with Crippen molar-refractivity contribution in [1.82, 2.24) is 9.13 Å². The molecule has 0 fully saturated rings. The Bertz CT molecular complexity index is 809. The summed E-state index contributed by atoms with van der Waals surface area (Å²) in [6.45, 7) is 0.463. The minimum Gasteiger partial charge on any atom is -0.493 e. The zero-order valence-corrected chi connectivity index (χ0v) is 13.0. The molecule has 2 rings (SSSR count). The topological polar surface area (TPSA) is 53.2 Å². The maximum Gasteiger partial charge on any atom is 0.419 e. The lowest BCUT2D eigenvalue weighted by Crippen LogP contribution is -2.36. The van der Waals surface area contributed by atoms with Crippen molar-refractivity contribution in [3.8, 4) is 5.75 Å². The highest BCUT2D eigenvalue weighted by molar-refractivity contribution is 5.35. The van der Waals surface area contributed by atoms with E-state index in [0.29, 0.717) is 19.4 Å². The predicted molar refractivity (Wildman–Crippen MR) is 82.1 cm³/mol. The van der Waals surface area contributed by atoms with Crippen LogP contribution in [0.15, 0.2) is 46.1 Å². The third-order valence-corrected chi connectivity index (χ3v) is 3.50. The van der Waals surface area contributed by atoms with Gasteiger partial charge < -0.3 is 9.30 Å². The van der Waals surface area contributed by atoms with E-state index in [0.717, 1.165) is 10.6 Å². The van der Waals surface area contributed by atoms with Gasteiger partial charge in [-0.3, -0.25) is 9.36 Å². The van der Waals surface area contributed by atoms with E-state index in [-0.39, 0.29) is 17.9 Å². The highest BCUT2D eigenvalue weighted by Gasteiger charge is 2.33. The number of ether oxygens (including phenoxy) is 1. The number of aryl methyl sites for hydroxylation is 1. The summed E-state index contributed by atoms with van der Waals surface area (Å²) in [5.74, 6) is -0.204. The van der Waals surface area contributed by atoms with Gasteiger partial charge >= 0.3 is 11.9 Å². The molecule has 24 heavy (non-hydrogen) atoms. The average Bonchev–Trinajstić information content (AvgIpc) is 2.54. The summed E-state index contributed by atoms with van der Waals surface area (Å²) < 4.78 is 46.0. The SMILES string of the molecule is Cn1c(=O)ccn(CCCCOc2ccccc2C(F)(F)F)c1=O. The maximum atomic E-state index is 12.8. The fourth-order valence-corrected chi connectivity index (χ4v) is 2.18. The molecule has 0 saturated heterocycles. The Morgan fingerprint density at radius 3 is 2.50 bits per heavy atom. The molecule has 0 radical (unpaired) electrons. The number of halogens is 3. The molecule has 0 atom stereocenters. The fourth-order valence-electron chi connectivity index (χ4n) is 2.18. The van der Waals surface area contributed by atoms with Crippen LogP contribution in [0.25, 0.3) is 0 Å². The normalized spacial score (nSPS) is 11.5. The number of unbranched alkanes of at least 4 members (excludes halogenated alkanes) is 1. The van der Waals surface area contributed by atoms with Crippen LogP contribution in [0.1, 0.15) is 18.4 Å². The molecule has 5 nitrogen and oxygen atoms in total. The lowest BCUT2D eigenvalue weighted by atomic mass is 10.2. The second kappa shape index (κ2) is 7.37. The van der Waals surface area contributed by atoms with Crippen LogP contribution in [0.4, 0.5) is 13.2 Å². The summed E-state index contributed by atoms with van der Waals surface area (Å²) in [5.41, 5.74) is -1.62. The summed E-state index contributed by atoms with van der Waals surface area (Å²) >= 11 is 0. The Balaban J connectivity index is 1.88. The number of hydrogen-bond donors (Lipinski definition) is 0. The molecule has 0 aliphatic rings. The lowest BCUT2D eigenvalue weighted by molar-refractivity contribution is -0.138. The summed E-state index contributed by atoms with van der Waals surface area (Å²) in [6, 6.07) is 6.33. The van der Waals surface area contributed by atoms with Gasteiger partial charge in [-0.25, -0.2) is 4.79 Å².